The van der Waals surface area contributed by atoms with E-state index in [4.69, 9.17) is 0 Å². The zero-order valence-corrected chi connectivity index (χ0v) is 11.4. The molecule has 0 bridgehead atoms. The molecular formula is C15H30. The van der Waals surface area contributed by atoms with E-state index < -0.39 is 0 Å². The van der Waals surface area contributed by atoms with Crippen molar-refractivity contribution in [3.63, 3.8) is 0 Å². The van der Waals surface area contributed by atoms with Gasteiger partial charge in [0, 0.05) is 0 Å². The lowest BCUT2D eigenvalue weighted by Gasteiger charge is -2.10. The average Bonchev–Trinajstić information content (AvgIpc) is 2.03. The molecule has 90 valence electrons. The van der Waals surface area contributed by atoms with Gasteiger partial charge in [-0.3, -0.25) is 0 Å². The van der Waals surface area contributed by atoms with E-state index in [0.717, 1.165) is 30.6 Å². The van der Waals surface area contributed by atoms with Crippen LogP contribution in [0.3, 0.4) is 0 Å². The van der Waals surface area contributed by atoms with Crippen LogP contribution in [0.15, 0.2) is 25.3 Å². The van der Waals surface area contributed by atoms with Gasteiger partial charge in [-0.2, -0.15) is 0 Å². The molecule has 0 nitrogen and oxygen atoms in total. The van der Waals surface area contributed by atoms with Gasteiger partial charge in [0.1, 0.15) is 0 Å². The molecule has 0 aromatic carbocycles. The first-order valence-corrected chi connectivity index (χ1v) is 6.15. The number of hydrogen-bond acceptors (Lipinski definition) is 0. The van der Waals surface area contributed by atoms with E-state index in [1.165, 1.54) is 6.42 Å². The molecule has 0 aliphatic carbocycles. The lowest BCUT2D eigenvalue weighted by molar-refractivity contribution is 0.443. The van der Waals surface area contributed by atoms with Crippen LogP contribution in [0, 0.1) is 17.8 Å². The van der Waals surface area contributed by atoms with Crippen molar-refractivity contribution in [2.24, 2.45) is 17.8 Å². The Hall–Kier alpha value is -0.520. The predicted octanol–water partition coefficient (Wildman–Crippen LogP) is 5.46. The zero-order valence-electron chi connectivity index (χ0n) is 11.4. The second-order valence-electron chi connectivity index (χ2n) is 5.18. The highest BCUT2D eigenvalue weighted by Crippen LogP contribution is 2.13. The van der Waals surface area contributed by atoms with E-state index in [1.807, 2.05) is 12.2 Å². The molecule has 0 saturated carbocycles. The summed E-state index contributed by atoms with van der Waals surface area (Å²) in [5.74, 6) is 2.44. The molecule has 0 aromatic heterocycles. The fourth-order valence-electron chi connectivity index (χ4n) is 1.52. The molecule has 0 aromatic rings. The van der Waals surface area contributed by atoms with E-state index >= 15 is 0 Å². The molecule has 0 radical (unpaired) electrons. The molecule has 0 fully saturated rings. The summed E-state index contributed by atoms with van der Waals surface area (Å²) in [4.78, 5) is 0. The summed E-state index contributed by atoms with van der Waals surface area (Å²) in [5, 5.41) is 0. The third-order valence-electron chi connectivity index (χ3n) is 2.08. The Kier molecular flexibility index (Phi) is 13.0. The zero-order chi connectivity index (χ0) is 12.3. The Labute approximate surface area is 97.5 Å². The molecule has 0 spiro atoms. The Morgan fingerprint density at radius 3 is 1.47 bits per heavy atom. The first-order valence-electron chi connectivity index (χ1n) is 6.15. The van der Waals surface area contributed by atoms with Crippen molar-refractivity contribution < 1.29 is 0 Å². The summed E-state index contributed by atoms with van der Waals surface area (Å²) < 4.78 is 0. The van der Waals surface area contributed by atoms with Crippen molar-refractivity contribution in [2.45, 2.75) is 53.9 Å². The van der Waals surface area contributed by atoms with Gasteiger partial charge in [0.25, 0.3) is 0 Å². The van der Waals surface area contributed by atoms with Crippen molar-refractivity contribution in [3.8, 4) is 0 Å². The third kappa shape index (κ3) is 19.8. The topological polar surface area (TPSA) is 0 Å². The molecule has 0 heterocycles. The summed E-state index contributed by atoms with van der Waals surface area (Å²) >= 11 is 0. The molecule has 0 aliphatic heterocycles. The summed E-state index contributed by atoms with van der Waals surface area (Å²) in [6.07, 6.45) is 7.59. The van der Waals surface area contributed by atoms with Crippen LogP contribution in [0.2, 0.25) is 0 Å². The molecule has 0 N–H and O–H groups in total. The van der Waals surface area contributed by atoms with Crippen molar-refractivity contribution in [1.29, 1.82) is 0 Å². The summed E-state index contributed by atoms with van der Waals surface area (Å²) in [7, 11) is 0. The van der Waals surface area contributed by atoms with Crippen molar-refractivity contribution >= 4 is 0 Å². The molecule has 0 amide bonds. The van der Waals surface area contributed by atoms with Gasteiger partial charge >= 0.3 is 0 Å². The van der Waals surface area contributed by atoms with Gasteiger partial charge in [-0.1, -0.05) is 46.8 Å². The second kappa shape index (κ2) is 11.6. The SMILES string of the molecule is C=CCC(C)C.C=CCC(C)CC(C)C. The molecule has 1 atom stereocenters. The van der Waals surface area contributed by atoms with Crippen LogP contribution in [0.1, 0.15) is 53.9 Å². The van der Waals surface area contributed by atoms with Crippen LogP contribution >= 0.6 is 0 Å². The Morgan fingerprint density at radius 2 is 1.27 bits per heavy atom. The van der Waals surface area contributed by atoms with Crippen molar-refractivity contribution in [3.05, 3.63) is 25.3 Å². The molecule has 0 rings (SSSR count). The fourth-order valence-corrected chi connectivity index (χ4v) is 1.52. The largest absolute Gasteiger partial charge is 0.103 e. The van der Waals surface area contributed by atoms with E-state index in [2.05, 4.69) is 47.8 Å². The number of allylic oxidation sites excluding steroid dienone is 2. The van der Waals surface area contributed by atoms with E-state index in [9.17, 15) is 0 Å². The van der Waals surface area contributed by atoms with Gasteiger partial charge in [0.2, 0.25) is 0 Å². The van der Waals surface area contributed by atoms with Crippen LogP contribution in [0.25, 0.3) is 0 Å². The second-order valence-corrected chi connectivity index (χ2v) is 5.18. The smallest absolute Gasteiger partial charge is 0.0327 e. The molecule has 15 heavy (non-hydrogen) atoms. The van der Waals surface area contributed by atoms with E-state index in [0.29, 0.717) is 0 Å². The van der Waals surface area contributed by atoms with Gasteiger partial charge in [-0.05, 0) is 37.0 Å². The first-order chi connectivity index (χ1) is 6.93. The van der Waals surface area contributed by atoms with Crippen LogP contribution in [-0.2, 0) is 0 Å². The molecule has 0 heteroatoms. The maximum atomic E-state index is 3.71. The summed E-state index contributed by atoms with van der Waals surface area (Å²) in [5.41, 5.74) is 0. The van der Waals surface area contributed by atoms with E-state index in [1.54, 1.807) is 0 Å². The molecule has 0 aliphatic rings. The lowest BCUT2D eigenvalue weighted by Crippen LogP contribution is -1.97. The number of rotatable bonds is 6. The minimum Gasteiger partial charge on any atom is -0.103 e. The van der Waals surface area contributed by atoms with Crippen molar-refractivity contribution in [2.75, 3.05) is 0 Å². The van der Waals surface area contributed by atoms with Crippen LogP contribution < -0.4 is 0 Å². The Bertz CT molecular complexity index is 142. The molecule has 0 saturated heterocycles. The molecular weight excluding hydrogens is 180 g/mol. The van der Waals surface area contributed by atoms with Gasteiger partial charge < -0.3 is 0 Å². The third-order valence-corrected chi connectivity index (χ3v) is 2.08. The quantitative estimate of drug-likeness (QED) is 0.510. The Balaban J connectivity index is 0. The first kappa shape index (κ1) is 16.9. The monoisotopic (exact) mass is 210 g/mol. The van der Waals surface area contributed by atoms with Crippen LogP contribution in [-0.4, -0.2) is 0 Å². The van der Waals surface area contributed by atoms with Gasteiger partial charge in [-0.15, -0.1) is 13.2 Å². The highest BCUT2D eigenvalue weighted by Gasteiger charge is 2.01. The number of hydrogen-bond donors (Lipinski definition) is 0. The van der Waals surface area contributed by atoms with Gasteiger partial charge in [0.05, 0.1) is 0 Å². The minimum absolute atomic E-state index is 0.780. The minimum atomic E-state index is 0.780. The summed E-state index contributed by atoms with van der Waals surface area (Å²) in [6, 6.07) is 0. The summed E-state index contributed by atoms with van der Waals surface area (Å²) in [6.45, 7) is 18.5. The normalized spacial score (nSPS) is 11.9. The highest BCUT2D eigenvalue weighted by atomic mass is 14.1. The van der Waals surface area contributed by atoms with Crippen LogP contribution in [0.4, 0.5) is 0 Å². The van der Waals surface area contributed by atoms with Crippen LogP contribution in [0.5, 0.6) is 0 Å². The molecule has 1 unspecified atom stereocenters. The maximum absolute atomic E-state index is 3.71. The lowest BCUT2D eigenvalue weighted by atomic mass is 9.96. The highest BCUT2D eigenvalue weighted by molar-refractivity contribution is 4.70. The fraction of sp³-hybridized carbons (Fsp3) is 0.733. The average molecular weight is 210 g/mol. The van der Waals surface area contributed by atoms with Gasteiger partial charge in [-0.25, -0.2) is 0 Å². The van der Waals surface area contributed by atoms with Crippen molar-refractivity contribution in [1.82, 2.24) is 0 Å². The maximum Gasteiger partial charge on any atom is -0.0327 e. The predicted molar refractivity (Wildman–Crippen MR) is 73.1 cm³/mol. The van der Waals surface area contributed by atoms with Gasteiger partial charge in [0.15, 0.2) is 0 Å². The van der Waals surface area contributed by atoms with E-state index in [-0.39, 0.29) is 0 Å². The standard InChI is InChI=1S/C9H18.C6H12/c1-5-6-9(4)7-8(2)3;1-4-5-6(2)3/h5,8-9H,1,6-7H2,2-4H3;4,6H,1,5H2,2-3H3. The Morgan fingerprint density at radius 1 is 0.800 bits per heavy atom.